The van der Waals surface area contributed by atoms with Gasteiger partial charge in [-0.05, 0) is 29.8 Å². The summed E-state index contributed by atoms with van der Waals surface area (Å²) >= 11 is 6.03. The van der Waals surface area contributed by atoms with Gasteiger partial charge in [0.05, 0.1) is 6.54 Å². The maximum absolute atomic E-state index is 14.2. The predicted octanol–water partition coefficient (Wildman–Crippen LogP) is 4.51. The van der Waals surface area contributed by atoms with E-state index in [-0.39, 0.29) is 12.5 Å². The Labute approximate surface area is 132 Å². The van der Waals surface area contributed by atoms with Crippen molar-refractivity contribution in [3.63, 3.8) is 0 Å². The number of carbonyl (C=O) groups is 1. The number of hydrogen-bond donors (Lipinski definition) is 2. The van der Waals surface area contributed by atoms with Crippen molar-refractivity contribution in [2.24, 2.45) is 0 Å². The molecule has 3 nitrogen and oxygen atoms in total. The van der Waals surface area contributed by atoms with Crippen LogP contribution in [0.25, 0.3) is 21.8 Å². The van der Waals surface area contributed by atoms with E-state index >= 15 is 0 Å². The van der Waals surface area contributed by atoms with Crippen LogP contribution >= 0.6 is 11.6 Å². The van der Waals surface area contributed by atoms with Crippen LogP contribution in [-0.2, 0) is 4.79 Å². The minimum Gasteiger partial charge on any atom is -0.354 e. The lowest BCUT2D eigenvalue weighted by Crippen LogP contribution is -2.26. The number of amides is 1. The number of fused-ring (bicyclic) bond motifs is 3. The fourth-order valence-electron chi connectivity index (χ4n) is 2.53. The highest BCUT2D eigenvalue weighted by Crippen LogP contribution is 2.30. The highest BCUT2D eigenvalue weighted by molar-refractivity contribution is 6.31. The Morgan fingerprint density at radius 2 is 2.05 bits per heavy atom. The molecule has 1 unspecified atom stereocenters. The van der Waals surface area contributed by atoms with Gasteiger partial charge >= 0.3 is 0 Å². The van der Waals surface area contributed by atoms with Crippen LogP contribution in [0.3, 0.4) is 0 Å². The molecule has 1 atom stereocenters. The molecule has 0 fully saturated rings. The Morgan fingerprint density at radius 3 is 2.82 bits per heavy atom. The van der Waals surface area contributed by atoms with Gasteiger partial charge in [0, 0.05) is 33.2 Å². The molecule has 2 aromatic carbocycles. The molecule has 0 aliphatic carbocycles. The standard InChI is InChI=1S/C17H16ClFN2O/c1-2-17(22)20-9-14(19)10-3-5-12-13-8-11(18)4-6-15(13)21-16(12)7-10/h3-8,14,21H,2,9H2,1H3,(H,20,22). The summed E-state index contributed by atoms with van der Waals surface area (Å²) < 4.78 is 14.2. The first-order chi connectivity index (χ1) is 10.6. The highest BCUT2D eigenvalue weighted by atomic mass is 35.5. The van der Waals surface area contributed by atoms with Crippen molar-refractivity contribution in [3.8, 4) is 0 Å². The van der Waals surface area contributed by atoms with E-state index < -0.39 is 6.17 Å². The second-order valence-corrected chi connectivity index (χ2v) is 5.68. The zero-order valence-electron chi connectivity index (χ0n) is 12.1. The quantitative estimate of drug-likeness (QED) is 0.730. The van der Waals surface area contributed by atoms with Gasteiger partial charge in [-0.15, -0.1) is 0 Å². The van der Waals surface area contributed by atoms with Gasteiger partial charge in [0.2, 0.25) is 5.91 Å². The lowest BCUT2D eigenvalue weighted by Gasteiger charge is -2.09. The highest BCUT2D eigenvalue weighted by Gasteiger charge is 2.13. The van der Waals surface area contributed by atoms with Crippen LogP contribution < -0.4 is 5.32 Å². The van der Waals surface area contributed by atoms with E-state index in [2.05, 4.69) is 10.3 Å². The number of halogens is 2. The van der Waals surface area contributed by atoms with Gasteiger partial charge < -0.3 is 10.3 Å². The van der Waals surface area contributed by atoms with Crippen molar-refractivity contribution >= 4 is 39.3 Å². The van der Waals surface area contributed by atoms with Crippen LogP contribution in [-0.4, -0.2) is 17.4 Å². The van der Waals surface area contributed by atoms with E-state index in [1.54, 1.807) is 19.1 Å². The fourth-order valence-corrected chi connectivity index (χ4v) is 2.71. The lowest BCUT2D eigenvalue weighted by atomic mass is 10.1. The molecule has 1 heterocycles. The van der Waals surface area contributed by atoms with Crippen molar-refractivity contribution in [2.75, 3.05) is 6.54 Å². The van der Waals surface area contributed by atoms with E-state index in [0.29, 0.717) is 17.0 Å². The topological polar surface area (TPSA) is 44.9 Å². The van der Waals surface area contributed by atoms with Gasteiger partial charge in [-0.1, -0.05) is 30.7 Å². The third-order valence-electron chi connectivity index (χ3n) is 3.75. The minimum atomic E-state index is -1.23. The maximum atomic E-state index is 14.2. The van der Waals surface area contributed by atoms with Gasteiger partial charge in [-0.25, -0.2) is 4.39 Å². The first kappa shape index (κ1) is 14.9. The van der Waals surface area contributed by atoms with Gasteiger partial charge in [-0.3, -0.25) is 4.79 Å². The number of aromatic nitrogens is 1. The summed E-state index contributed by atoms with van der Waals surface area (Å²) in [7, 11) is 0. The van der Waals surface area contributed by atoms with Crippen LogP contribution in [0.1, 0.15) is 25.1 Å². The van der Waals surface area contributed by atoms with E-state index in [0.717, 1.165) is 21.8 Å². The summed E-state index contributed by atoms with van der Waals surface area (Å²) in [6.45, 7) is 1.73. The van der Waals surface area contributed by atoms with Crippen molar-refractivity contribution in [3.05, 3.63) is 47.0 Å². The SMILES string of the molecule is CCC(=O)NCC(F)c1ccc2c(c1)[nH]c1ccc(Cl)cc12. The maximum Gasteiger partial charge on any atom is 0.219 e. The molecular formula is C17H16ClFN2O. The van der Waals surface area contributed by atoms with Crippen LogP contribution in [0, 0.1) is 0 Å². The molecule has 0 saturated heterocycles. The molecular weight excluding hydrogens is 303 g/mol. The number of rotatable bonds is 4. The Hall–Kier alpha value is -2.07. The van der Waals surface area contributed by atoms with Crippen molar-refractivity contribution in [1.29, 1.82) is 0 Å². The molecule has 0 spiro atoms. The first-order valence-corrected chi connectivity index (χ1v) is 7.58. The van der Waals surface area contributed by atoms with Gasteiger partial charge in [-0.2, -0.15) is 0 Å². The average Bonchev–Trinajstić information content (AvgIpc) is 2.89. The molecule has 3 rings (SSSR count). The monoisotopic (exact) mass is 318 g/mol. The molecule has 0 radical (unpaired) electrons. The Morgan fingerprint density at radius 1 is 1.23 bits per heavy atom. The number of H-pyrrole nitrogens is 1. The normalized spacial score (nSPS) is 12.7. The van der Waals surface area contributed by atoms with Crippen molar-refractivity contribution < 1.29 is 9.18 Å². The van der Waals surface area contributed by atoms with Gasteiger partial charge in [0.25, 0.3) is 0 Å². The van der Waals surface area contributed by atoms with E-state index in [1.807, 2.05) is 24.3 Å². The zero-order chi connectivity index (χ0) is 15.7. The largest absolute Gasteiger partial charge is 0.354 e. The number of aromatic amines is 1. The molecule has 0 aliphatic rings. The fraction of sp³-hybridized carbons (Fsp3) is 0.235. The third-order valence-corrected chi connectivity index (χ3v) is 3.98. The van der Waals surface area contributed by atoms with E-state index in [4.69, 9.17) is 11.6 Å². The lowest BCUT2D eigenvalue weighted by molar-refractivity contribution is -0.121. The molecule has 3 aromatic rings. The van der Waals surface area contributed by atoms with E-state index in [9.17, 15) is 9.18 Å². The molecule has 114 valence electrons. The molecule has 1 amide bonds. The summed E-state index contributed by atoms with van der Waals surface area (Å²) in [4.78, 5) is 14.5. The number of nitrogens with one attached hydrogen (secondary N) is 2. The first-order valence-electron chi connectivity index (χ1n) is 7.20. The summed E-state index contributed by atoms with van der Waals surface area (Å²) in [5.41, 5.74) is 2.37. The van der Waals surface area contributed by atoms with Crippen molar-refractivity contribution in [1.82, 2.24) is 10.3 Å². The molecule has 0 saturated carbocycles. The van der Waals surface area contributed by atoms with Gasteiger partial charge in [0.15, 0.2) is 0 Å². The zero-order valence-corrected chi connectivity index (χ0v) is 12.9. The third kappa shape index (κ3) is 2.79. The molecule has 0 aliphatic heterocycles. The summed E-state index contributed by atoms with van der Waals surface area (Å²) in [5, 5.41) is 5.26. The molecule has 1 aromatic heterocycles. The van der Waals surface area contributed by atoms with Crippen LogP contribution in [0.15, 0.2) is 36.4 Å². The van der Waals surface area contributed by atoms with Gasteiger partial charge in [0.1, 0.15) is 6.17 Å². The second kappa shape index (κ2) is 5.97. The van der Waals surface area contributed by atoms with E-state index in [1.165, 1.54) is 0 Å². The summed E-state index contributed by atoms with van der Waals surface area (Å²) in [6, 6.07) is 11.0. The van der Waals surface area contributed by atoms with Crippen molar-refractivity contribution in [2.45, 2.75) is 19.5 Å². The van der Waals surface area contributed by atoms with Crippen LogP contribution in [0.2, 0.25) is 5.02 Å². The summed E-state index contributed by atoms with van der Waals surface area (Å²) in [5.74, 6) is -0.149. The van der Waals surface area contributed by atoms with Crippen LogP contribution in [0.4, 0.5) is 4.39 Å². The second-order valence-electron chi connectivity index (χ2n) is 5.25. The Bertz CT molecular complexity index is 843. The molecule has 2 N–H and O–H groups in total. The molecule has 22 heavy (non-hydrogen) atoms. The molecule has 5 heteroatoms. The predicted molar refractivity (Wildman–Crippen MR) is 88.0 cm³/mol. The molecule has 0 bridgehead atoms. The van der Waals surface area contributed by atoms with Crippen LogP contribution in [0.5, 0.6) is 0 Å². The number of benzene rings is 2. The Kier molecular flexibility index (Phi) is 4.03. The average molecular weight is 319 g/mol. The summed E-state index contributed by atoms with van der Waals surface area (Å²) in [6.07, 6.45) is -0.871. The Balaban J connectivity index is 1.92. The number of alkyl halides is 1. The number of carbonyl (C=O) groups excluding carboxylic acids is 1. The minimum absolute atomic E-state index is 0.00969. The number of hydrogen-bond acceptors (Lipinski definition) is 1. The smallest absolute Gasteiger partial charge is 0.219 e.